The topological polar surface area (TPSA) is 64.7 Å². The van der Waals surface area contributed by atoms with Gasteiger partial charge >= 0.3 is 0 Å². The SMILES string of the molecule is COc1ccc([C@H](N)CO)cc1COc1ccc(Cl)cc1. The minimum atomic E-state index is -0.412. The van der Waals surface area contributed by atoms with E-state index in [1.807, 2.05) is 18.2 Å². The van der Waals surface area contributed by atoms with E-state index in [-0.39, 0.29) is 6.61 Å². The van der Waals surface area contributed by atoms with E-state index in [0.717, 1.165) is 22.6 Å². The molecule has 0 spiro atoms. The quantitative estimate of drug-likeness (QED) is 0.861. The van der Waals surface area contributed by atoms with Crippen LogP contribution in [0.1, 0.15) is 17.2 Å². The van der Waals surface area contributed by atoms with Crippen LogP contribution in [0.2, 0.25) is 5.02 Å². The Balaban J connectivity index is 2.15. The second-order valence-corrected chi connectivity index (χ2v) is 5.04. The summed E-state index contributed by atoms with van der Waals surface area (Å²) in [5, 5.41) is 9.80. The zero-order valence-electron chi connectivity index (χ0n) is 11.8. The van der Waals surface area contributed by atoms with E-state index in [2.05, 4.69) is 0 Å². The molecule has 112 valence electrons. The van der Waals surface area contributed by atoms with Gasteiger partial charge in [0, 0.05) is 10.6 Å². The third-order valence-electron chi connectivity index (χ3n) is 3.14. The Morgan fingerprint density at radius 1 is 1.19 bits per heavy atom. The lowest BCUT2D eigenvalue weighted by Crippen LogP contribution is -2.15. The molecule has 1 atom stereocenters. The zero-order valence-corrected chi connectivity index (χ0v) is 12.5. The maximum atomic E-state index is 9.14. The fraction of sp³-hybridized carbons (Fsp3) is 0.250. The highest BCUT2D eigenvalue weighted by atomic mass is 35.5. The van der Waals surface area contributed by atoms with Crippen LogP contribution in [0.5, 0.6) is 11.5 Å². The molecule has 2 rings (SSSR count). The van der Waals surface area contributed by atoms with Gasteiger partial charge in [-0.15, -0.1) is 0 Å². The number of aliphatic hydroxyl groups excluding tert-OH is 1. The Hall–Kier alpha value is -1.75. The lowest BCUT2D eigenvalue weighted by molar-refractivity contribution is 0.267. The first kappa shape index (κ1) is 15.6. The minimum absolute atomic E-state index is 0.107. The summed E-state index contributed by atoms with van der Waals surface area (Å²) in [7, 11) is 1.60. The van der Waals surface area contributed by atoms with E-state index in [1.54, 1.807) is 31.4 Å². The largest absolute Gasteiger partial charge is 0.496 e. The fourth-order valence-electron chi connectivity index (χ4n) is 1.94. The first-order valence-electron chi connectivity index (χ1n) is 6.55. The third-order valence-corrected chi connectivity index (χ3v) is 3.39. The number of benzene rings is 2. The molecular weight excluding hydrogens is 290 g/mol. The van der Waals surface area contributed by atoms with Crippen molar-refractivity contribution in [3.63, 3.8) is 0 Å². The molecule has 0 aliphatic heterocycles. The van der Waals surface area contributed by atoms with Crippen LogP contribution in [0.25, 0.3) is 0 Å². The van der Waals surface area contributed by atoms with E-state index in [1.165, 1.54) is 0 Å². The molecule has 0 unspecified atom stereocenters. The number of aliphatic hydroxyl groups is 1. The molecule has 0 aliphatic carbocycles. The van der Waals surface area contributed by atoms with Crippen molar-refractivity contribution in [3.05, 3.63) is 58.6 Å². The number of nitrogens with two attached hydrogens (primary N) is 1. The number of halogens is 1. The Morgan fingerprint density at radius 3 is 2.52 bits per heavy atom. The highest BCUT2D eigenvalue weighted by molar-refractivity contribution is 6.30. The summed E-state index contributed by atoms with van der Waals surface area (Å²) in [6.45, 7) is 0.237. The standard InChI is InChI=1S/C16H18ClNO3/c1-20-16-7-2-11(15(18)9-19)8-12(16)10-21-14-5-3-13(17)4-6-14/h2-8,15,19H,9-10,18H2,1H3/t15-/m1/s1. The van der Waals surface area contributed by atoms with Gasteiger partial charge in [0.05, 0.1) is 19.8 Å². The number of ether oxygens (including phenoxy) is 2. The van der Waals surface area contributed by atoms with Crippen LogP contribution in [0.15, 0.2) is 42.5 Å². The van der Waals surface area contributed by atoms with Gasteiger partial charge in [0.2, 0.25) is 0 Å². The van der Waals surface area contributed by atoms with E-state index in [0.29, 0.717) is 11.6 Å². The van der Waals surface area contributed by atoms with Gasteiger partial charge in [0.1, 0.15) is 18.1 Å². The first-order valence-corrected chi connectivity index (χ1v) is 6.93. The Kier molecular flexibility index (Phi) is 5.44. The van der Waals surface area contributed by atoms with Gasteiger partial charge in [-0.3, -0.25) is 0 Å². The van der Waals surface area contributed by atoms with Gasteiger partial charge in [-0.2, -0.15) is 0 Å². The highest BCUT2D eigenvalue weighted by Gasteiger charge is 2.10. The second kappa shape index (κ2) is 7.31. The molecule has 0 saturated carbocycles. The Bertz CT molecular complexity index is 587. The minimum Gasteiger partial charge on any atom is -0.496 e. The molecule has 0 heterocycles. The summed E-state index contributed by atoms with van der Waals surface area (Å²) in [5.41, 5.74) is 7.54. The monoisotopic (exact) mass is 307 g/mol. The average Bonchev–Trinajstić information content (AvgIpc) is 2.53. The molecule has 2 aromatic rings. The molecule has 0 bridgehead atoms. The van der Waals surface area contributed by atoms with Crippen molar-refractivity contribution in [2.45, 2.75) is 12.6 Å². The lowest BCUT2D eigenvalue weighted by Gasteiger charge is -2.14. The van der Waals surface area contributed by atoms with Crippen molar-refractivity contribution in [1.29, 1.82) is 0 Å². The van der Waals surface area contributed by atoms with Crippen molar-refractivity contribution < 1.29 is 14.6 Å². The molecule has 0 aliphatic rings. The van der Waals surface area contributed by atoms with E-state index >= 15 is 0 Å². The van der Waals surface area contributed by atoms with Crippen LogP contribution in [0.4, 0.5) is 0 Å². The summed E-state index contributed by atoms with van der Waals surface area (Å²) in [6.07, 6.45) is 0. The van der Waals surface area contributed by atoms with Crippen molar-refractivity contribution >= 4 is 11.6 Å². The zero-order chi connectivity index (χ0) is 15.2. The Labute approximate surface area is 129 Å². The van der Waals surface area contributed by atoms with Crippen LogP contribution >= 0.6 is 11.6 Å². The number of hydrogen-bond acceptors (Lipinski definition) is 4. The average molecular weight is 308 g/mol. The van der Waals surface area contributed by atoms with Gasteiger partial charge in [0.15, 0.2) is 0 Å². The van der Waals surface area contributed by atoms with Crippen LogP contribution in [0.3, 0.4) is 0 Å². The van der Waals surface area contributed by atoms with Crippen molar-refractivity contribution in [2.75, 3.05) is 13.7 Å². The second-order valence-electron chi connectivity index (χ2n) is 4.60. The molecule has 0 radical (unpaired) electrons. The molecule has 4 nitrogen and oxygen atoms in total. The predicted octanol–water partition coefficient (Wildman–Crippen LogP) is 2.92. The van der Waals surface area contributed by atoms with Crippen LogP contribution in [-0.2, 0) is 6.61 Å². The van der Waals surface area contributed by atoms with Crippen LogP contribution < -0.4 is 15.2 Å². The molecule has 0 amide bonds. The maximum Gasteiger partial charge on any atom is 0.125 e. The number of hydrogen-bond donors (Lipinski definition) is 2. The first-order chi connectivity index (χ1) is 10.1. The third kappa shape index (κ3) is 4.11. The summed E-state index contributed by atoms with van der Waals surface area (Å²) in [5.74, 6) is 1.44. The molecule has 2 aromatic carbocycles. The van der Waals surface area contributed by atoms with Crippen LogP contribution in [0, 0.1) is 0 Å². The molecule has 0 saturated heterocycles. The van der Waals surface area contributed by atoms with E-state index < -0.39 is 6.04 Å². The smallest absolute Gasteiger partial charge is 0.125 e. The normalized spacial score (nSPS) is 12.0. The number of methoxy groups -OCH3 is 1. The van der Waals surface area contributed by atoms with Crippen molar-refractivity contribution in [3.8, 4) is 11.5 Å². The van der Waals surface area contributed by atoms with Gasteiger partial charge in [-0.1, -0.05) is 17.7 Å². The number of rotatable bonds is 6. The molecular formula is C16H18ClNO3. The maximum absolute atomic E-state index is 9.14. The van der Waals surface area contributed by atoms with Gasteiger partial charge in [0.25, 0.3) is 0 Å². The van der Waals surface area contributed by atoms with Crippen molar-refractivity contribution in [1.82, 2.24) is 0 Å². The van der Waals surface area contributed by atoms with Gasteiger partial charge in [-0.25, -0.2) is 0 Å². The van der Waals surface area contributed by atoms with E-state index in [9.17, 15) is 0 Å². The molecule has 21 heavy (non-hydrogen) atoms. The predicted molar refractivity (Wildman–Crippen MR) is 82.8 cm³/mol. The summed E-state index contributed by atoms with van der Waals surface area (Å²) >= 11 is 5.83. The highest BCUT2D eigenvalue weighted by Crippen LogP contribution is 2.25. The van der Waals surface area contributed by atoms with Crippen molar-refractivity contribution in [2.24, 2.45) is 5.73 Å². The van der Waals surface area contributed by atoms with E-state index in [4.69, 9.17) is 31.9 Å². The lowest BCUT2D eigenvalue weighted by atomic mass is 10.0. The summed E-state index contributed by atoms with van der Waals surface area (Å²) < 4.78 is 11.0. The Morgan fingerprint density at radius 2 is 1.90 bits per heavy atom. The fourth-order valence-corrected chi connectivity index (χ4v) is 2.07. The van der Waals surface area contributed by atoms with Gasteiger partial charge < -0.3 is 20.3 Å². The summed E-state index contributed by atoms with van der Waals surface area (Å²) in [4.78, 5) is 0. The van der Waals surface area contributed by atoms with Gasteiger partial charge in [-0.05, 0) is 42.0 Å². The summed E-state index contributed by atoms with van der Waals surface area (Å²) in [6, 6.07) is 12.3. The molecule has 0 fully saturated rings. The molecule has 0 aromatic heterocycles. The molecule has 5 heteroatoms. The molecule has 3 N–H and O–H groups in total. The van der Waals surface area contributed by atoms with Crippen LogP contribution in [-0.4, -0.2) is 18.8 Å².